The SMILES string of the molecule is CCNC(=NCc1ncnn1C)NCC(=O)NCCc1ccccc1.I. The molecule has 0 saturated heterocycles. The van der Waals surface area contributed by atoms with E-state index in [1.54, 1.807) is 4.68 Å². The topological polar surface area (TPSA) is 96.2 Å². The molecule has 0 fully saturated rings. The Bertz CT molecular complexity index is 687. The monoisotopic (exact) mass is 471 g/mol. The third-order valence-corrected chi connectivity index (χ3v) is 3.52. The van der Waals surface area contributed by atoms with Crippen molar-refractivity contribution < 1.29 is 4.79 Å². The van der Waals surface area contributed by atoms with Crippen LogP contribution in [0.2, 0.25) is 0 Å². The van der Waals surface area contributed by atoms with Crippen molar-refractivity contribution in [2.24, 2.45) is 12.0 Å². The summed E-state index contributed by atoms with van der Waals surface area (Å²) < 4.78 is 1.67. The second-order valence-corrected chi connectivity index (χ2v) is 5.43. The van der Waals surface area contributed by atoms with Gasteiger partial charge in [0.05, 0.1) is 6.54 Å². The summed E-state index contributed by atoms with van der Waals surface area (Å²) in [5, 5.41) is 13.0. The molecule has 8 nitrogen and oxygen atoms in total. The number of carbonyl (C=O) groups is 1. The number of aryl methyl sites for hydroxylation is 1. The molecule has 0 aliphatic heterocycles. The fourth-order valence-electron chi connectivity index (χ4n) is 2.17. The van der Waals surface area contributed by atoms with Crippen LogP contribution < -0.4 is 16.0 Å². The number of nitrogens with zero attached hydrogens (tertiary/aromatic N) is 4. The van der Waals surface area contributed by atoms with Crippen molar-refractivity contribution in [3.63, 3.8) is 0 Å². The Labute approximate surface area is 170 Å². The molecule has 2 aromatic rings. The summed E-state index contributed by atoms with van der Waals surface area (Å²) in [6, 6.07) is 10.1. The minimum absolute atomic E-state index is 0. The molecule has 0 unspecified atom stereocenters. The maximum Gasteiger partial charge on any atom is 0.239 e. The molecular formula is C17H26IN7O. The van der Waals surface area contributed by atoms with Gasteiger partial charge < -0.3 is 16.0 Å². The van der Waals surface area contributed by atoms with Crippen molar-refractivity contribution in [2.75, 3.05) is 19.6 Å². The normalized spacial score (nSPS) is 10.8. The third kappa shape index (κ3) is 7.81. The molecule has 0 radical (unpaired) electrons. The summed E-state index contributed by atoms with van der Waals surface area (Å²) in [5.74, 6) is 1.26. The maximum absolute atomic E-state index is 11.9. The number of aliphatic imine (C=N–C) groups is 1. The standard InChI is InChI=1S/C17H25N7O.HI/c1-3-18-17(20-11-15-22-13-23-24(15)2)21-12-16(25)19-10-9-14-7-5-4-6-8-14;/h4-8,13H,3,9-12H2,1-2H3,(H,19,25)(H2,18,20,21);1H. The van der Waals surface area contributed by atoms with Gasteiger partial charge in [0, 0.05) is 20.1 Å². The van der Waals surface area contributed by atoms with E-state index in [1.165, 1.54) is 11.9 Å². The average molecular weight is 471 g/mol. The van der Waals surface area contributed by atoms with Crippen LogP contribution in [-0.2, 0) is 24.8 Å². The first-order valence-corrected chi connectivity index (χ1v) is 8.34. The summed E-state index contributed by atoms with van der Waals surface area (Å²) in [6.07, 6.45) is 2.30. The molecule has 1 heterocycles. The zero-order chi connectivity index (χ0) is 17.9. The van der Waals surface area contributed by atoms with Crippen LogP contribution in [0.25, 0.3) is 0 Å². The van der Waals surface area contributed by atoms with Crippen molar-refractivity contribution in [1.82, 2.24) is 30.7 Å². The highest BCUT2D eigenvalue weighted by Gasteiger charge is 2.05. The van der Waals surface area contributed by atoms with E-state index in [1.807, 2.05) is 44.3 Å². The molecule has 2 rings (SSSR count). The highest BCUT2D eigenvalue weighted by Crippen LogP contribution is 1.98. The first-order chi connectivity index (χ1) is 12.2. The Balaban J connectivity index is 0.00000338. The van der Waals surface area contributed by atoms with Crippen molar-refractivity contribution in [3.05, 3.63) is 48.0 Å². The Morgan fingerprint density at radius 3 is 2.62 bits per heavy atom. The average Bonchev–Trinajstić information content (AvgIpc) is 3.03. The summed E-state index contributed by atoms with van der Waals surface area (Å²) in [7, 11) is 1.82. The number of hydrogen-bond acceptors (Lipinski definition) is 4. The van der Waals surface area contributed by atoms with Gasteiger partial charge in [-0.2, -0.15) is 5.10 Å². The third-order valence-electron chi connectivity index (χ3n) is 3.52. The minimum Gasteiger partial charge on any atom is -0.357 e. The van der Waals surface area contributed by atoms with Gasteiger partial charge in [0.25, 0.3) is 0 Å². The van der Waals surface area contributed by atoms with Crippen LogP contribution in [-0.4, -0.2) is 46.3 Å². The van der Waals surface area contributed by atoms with Gasteiger partial charge in [-0.1, -0.05) is 30.3 Å². The number of aromatic nitrogens is 3. The molecule has 142 valence electrons. The summed E-state index contributed by atoms with van der Waals surface area (Å²) in [6.45, 7) is 3.85. The number of benzene rings is 1. The fraction of sp³-hybridized carbons (Fsp3) is 0.412. The Hall–Kier alpha value is -2.17. The van der Waals surface area contributed by atoms with Crippen molar-refractivity contribution in [1.29, 1.82) is 0 Å². The van der Waals surface area contributed by atoms with Crippen LogP contribution in [0.4, 0.5) is 0 Å². The lowest BCUT2D eigenvalue weighted by molar-refractivity contribution is -0.119. The Kier molecular flexibility index (Phi) is 10.3. The lowest BCUT2D eigenvalue weighted by Gasteiger charge is -2.11. The highest BCUT2D eigenvalue weighted by molar-refractivity contribution is 14.0. The van der Waals surface area contributed by atoms with E-state index >= 15 is 0 Å². The molecule has 1 aromatic heterocycles. The van der Waals surface area contributed by atoms with E-state index in [4.69, 9.17) is 0 Å². The van der Waals surface area contributed by atoms with Crippen LogP contribution in [0.15, 0.2) is 41.7 Å². The number of rotatable bonds is 8. The number of hydrogen-bond donors (Lipinski definition) is 3. The van der Waals surface area contributed by atoms with E-state index in [-0.39, 0.29) is 36.4 Å². The molecule has 1 amide bonds. The number of guanidine groups is 1. The molecule has 0 aliphatic rings. The van der Waals surface area contributed by atoms with Gasteiger partial charge in [-0.25, -0.2) is 9.98 Å². The van der Waals surface area contributed by atoms with Gasteiger partial charge in [0.15, 0.2) is 5.96 Å². The zero-order valence-corrected chi connectivity index (χ0v) is 17.4. The lowest BCUT2D eigenvalue weighted by Crippen LogP contribution is -2.43. The molecule has 0 saturated carbocycles. The summed E-state index contributed by atoms with van der Waals surface area (Å²) in [5.41, 5.74) is 1.20. The van der Waals surface area contributed by atoms with Crippen molar-refractivity contribution in [3.8, 4) is 0 Å². The smallest absolute Gasteiger partial charge is 0.239 e. The number of nitrogens with one attached hydrogen (secondary N) is 3. The minimum atomic E-state index is -0.0693. The van der Waals surface area contributed by atoms with Crippen LogP contribution in [0.5, 0.6) is 0 Å². The van der Waals surface area contributed by atoms with E-state index in [0.29, 0.717) is 25.6 Å². The van der Waals surface area contributed by atoms with Gasteiger partial charge in [-0.3, -0.25) is 9.48 Å². The van der Waals surface area contributed by atoms with E-state index in [2.05, 4.69) is 31.0 Å². The van der Waals surface area contributed by atoms with Gasteiger partial charge in [-0.05, 0) is 18.9 Å². The molecule has 1 aromatic carbocycles. The molecule has 9 heteroatoms. The quantitative estimate of drug-likeness (QED) is 0.302. The zero-order valence-electron chi connectivity index (χ0n) is 15.1. The van der Waals surface area contributed by atoms with Gasteiger partial charge in [-0.15, -0.1) is 24.0 Å². The molecule has 0 bridgehead atoms. The van der Waals surface area contributed by atoms with Gasteiger partial charge in [0.2, 0.25) is 5.91 Å². The predicted octanol–water partition coefficient (Wildman–Crippen LogP) is 0.847. The molecular weight excluding hydrogens is 445 g/mol. The molecule has 0 spiro atoms. The van der Waals surface area contributed by atoms with Crippen LogP contribution in [0.3, 0.4) is 0 Å². The summed E-state index contributed by atoms with van der Waals surface area (Å²) in [4.78, 5) is 20.5. The van der Waals surface area contributed by atoms with Crippen LogP contribution in [0.1, 0.15) is 18.3 Å². The lowest BCUT2D eigenvalue weighted by atomic mass is 10.1. The number of carbonyl (C=O) groups excluding carboxylic acids is 1. The van der Waals surface area contributed by atoms with Crippen molar-refractivity contribution >= 4 is 35.8 Å². The highest BCUT2D eigenvalue weighted by atomic mass is 127. The number of halogens is 1. The van der Waals surface area contributed by atoms with Crippen LogP contribution in [0, 0.1) is 0 Å². The van der Waals surface area contributed by atoms with Gasteiger partial charge in [0.1, 0.15) is 18.7 Å². The van der Waals surface area contributed by atoms with E-state index in [0.717, 1.165) is 12.2 Å². The maximum atomic E-state index is 11.9. The largest absolute Gasteiger partial charge is 0.357 e. The summed E-state index contributed by atoms with van der Waals surface area (Å²) >= 11 is 0. The van der Waals surface area contributed by atoms with Crippen LogP contribution >= 0.6 is 24.0 Å². The molecule has 0 aliphatic carbocycles. The number of amides is 1. The second-order valence-electron chi connectivity index (χ2n) is 5.43. The van der Waals surface area contributed by atoms with E-state index < -0.39 is 0 Å². The second kappa shape index (κ2) is 12.2. The first-order valence-electron chi connectivity index (χ1n) is 8.34. The molecule has 26 heavy (non-hydrogen) atoms. The predicted molar refractivity (Wildman–Crippen MR) is 112 cm³/mol. The Morgan fingerprint density at radius 2 is 1.96 bits per heavy atom. The Morgan fingerprint density at radius 1 is 1.19 bits per heavy atom. The first kappa shape index (κ1) is 21.9. The molecule has 3 N–H and O–H groups in total. The van der Waals surface area contributed by atoms with Crippen molar-refractivity contribution in [2.45, 2.75) is 19.9 Å². The fourth-order valence-corrected chi connectivity index (χ4v) is 2.17. The van der Waals surface area contributed by atoms with E-state index in [9.17, 15) is 4.79 Å². The molecule has 0 atom stereocenters. The van der Waals surface area contributed by atoms with Gasteiger partial charge >= 0.3 is 0 Å².